The molecule has 0 atom stereocenters. The minimum atomic E-state index is -0.702. The summed E-state index contributed by atoms with van der Waals surface area (Å²) in [5, 5.41) is 0. The fourth-order valence-corrected chi connectivity index (χ4v) is 1.70. The molecular formula is C17H27NO4. The lowest BCUT2D eigenvalue weighted by Crippen LogP contribution is -2.25. The molecule has 124 valence electrons. The second-order valence-electron chi connectivity index (χ2n) is 7.16. The summed E-state index contributed by atoms with van der Waals surface area (Å²) in [5.41, 5.74) is 7.17. The van der Waals surface area contributed by atoms with Gasteiger partial charge in [0.2, 0.25) is 0 Å². The lowest BCUT2D eigenvalue weighted by molar-refractivity contribution is -0.0113. The first-order valence-electron chi connectivity index (χ1n) is 7.37. The Bertz CT molecular complexity index is 512. The minimum Gasteiger partial charge on any atom is -0.488 e. The molecule has 0 unspecified atom stereocenters. The van der Waals surface area contributed by atoms with Crippen LogP contribution in [0.25, 0.3) is 0 Å². The lowest BCUT2D eigenvalue weighted by Gasteiger charge is -2.20. The average Bonchev–Trinajstić information content (AvgIpc) is 2.32. The van der Waals surface area contributed by atoms with Gasteiger partial charge in [0.25, 0.3) is 0 Å². The van der Waals surface area contributed by atoms with E-state index in [0.29, 0.717) is 11.4 Å². The second-order valence-corrected chi connectivity index (χ2v) is 7.16. The van der Waals surface area contributed by atoms with E-state index >= 15 is 0 Å². The standard InChI is InChI=1S/C17H27NO4/c1-16(2,3)12-7-8-14(13(18)11-12)20-9-10-21-15(19)22-17(4,5)6/h7-8,11H,9-10,18H2,1-6H3. The van der Waals surface area contributed by atoms with Crippen molar-refractivity contribution < 1.29 is 19.0 Å². The first kappa shape index (κ1) is 18.1. The van der Waals surface area contributed by atoms with Gasteiger partial charge in [0.15, 0.2) is 0 Å². The number of ether oxygens (including phenoxy) is 3. The first-order valence-corrected chi connectivity index (χ1v) is 7.37. The maximum Gasteiger partial charge on any atom is 0.508 e. The molecule has 0 saturated heterocycles. The predicted molar refractivity (Wildman–Crippen MR) is 87.2 cm³/mol. The van der Waals surface area contributed by atoms with Gasteiger partial charge in [0.1, 0.15) is 24.6 Å². The first-order chi connectivity index (χ1) is 9.99. The summed E-state index contributed by atoms with van der Waals surface area (Å²) < 4.78 is 15.5. The summed E-state index contributed by atoms with van der Waals surface area (Å²) in [6.45, 7) is 12.0. The van der Waals surface area contributed by atoms with E-state index in [4.69, 9.17) is 19.9 Å². The molecule has 0 saturated carbocycles. The number of nitrogen functional groups attached to an aromatic ring is 1. The van der Waals surface area contributed by atoms with Crippen molar-refractivity contribution in [3.63, 3.8) is 0 Å². The van der Waals surface area contributed by atoms with Crippen molar-refractivity contribution in [1.29, 1.82) is 0 Å². The van der Waals surface area contributed by atoms with Gasteiger partial charge >= 0.3 is 6.16 Å². The Morgan fingerprint density at radius 2 is 1.73 bits per heavy atom. The Balaban J connectivity index is 2.45. The van der Waals surface area contributed by atoms with Crippen molar-refractivity contribution in [3.8, 4) is 5.75 Å². The third kappa shape index (κ3) is 6.24. The highest BCUT2D eigenvalue weighted by Gasteiger charge is 2.17. The predicted octanol–water partition coefficient (Wildman–Crippen LogP) is 3.90. The molecule has 0 aromatic heterocycles. The molecule has 1 aromatic carbocycles. The fourth-order valence-electron chi connectivity index (χ4n) is 1.70. The number of nitrogens with two attached hydrogens (primary N) is 1. The molecule has 1 aromatic rings. The van der Waals surface area contributed by atoms with Crippen molar-refractivity contribution in [1.82, 2.24) is 0 Å². The van der Waals surface area contributed by atoms with Crippen LogP contribution >= 0.6 is 0 Å². The number of rotatable bonds is 4. The molecule has 2 N–H and O–H groups in total. The van der Waals surface area contributed by atoms with Crippen molar-refractivity contribution >= 4 is 11.8 Å². The largest absolute Gasteiger partial charge is 0.508 e. The van der Waals surface area contributed by atoms with E-state index in [2.05, 4.69) is 20.8 Å². The zero-order chi connectivity index (χ0) is 17.0. The summed E-state index contributed by atoms with van der Waals surface area (Å²) in [5.74, 6) is 0.584. The maximum atomic E-state index is 11.4. The van der Waals surface area contributed by atoms with Gasteiger partial charge in [-0.05, 0) is 43.9 Å². The number of carbonyl (C=O) groups is 1. The molecule has 0 fully saturated rings. The molecule has 0 heterocycles. The van der Waals surface area contributed by atoms with Crippen molar-refractivity contribution in [3.05, 3.63) is 23.8 Å². The Morgan fingerprint density at radius 3 is 2.23 bits per heavy atom. The number of anilines is 1. The fraction of sp³-hybridized carbons (Fsp3) is 0.588. The van der Waals surface area contributed by atoms with Crippen molar-refractivity contribution in [2.45, 2.75) is 52.6 Å². The SMILES string of the molecule is CC(C)(C)OC(=O)OCCOc1ccc(C(C)(C)C)cc1N. The summed E-state index contributed by atoms with van der Waals surface area (Å²) >= 11 is 0. The maximum absolute atomic E-state index is 11.4. The van der Waals surface area contributed by atoms with E-state index in [1.54, 1.807) is 20.8 Å². The summed E-state index contributed by atoms with van der Waals surface area (Å²) in [7, 11) is 0. The van der Waals surface area contributed by atoms with Crippen LogP contribution in [0.3, 0.4) is 0 Å². The molecule has 5 nitrogen and oxygen atoms in total. The van der Waals surface area contributed by atoms with E-state index in [0.717, 1.165) is 5.56 Å². The van der Waals surface area contributed by atoms with Gasteiger partial charge in [-0.2, -0.15) is 0 Å². The van der Waals surface area contributed by atoms with Crippen LogP contribution in [0.1, 0.15) is 47.1 Å². The third-order valence-corrected chi connectivity index (χ3v) is 2.83. The van der Waals surface area contributed by atoms with Crippen molar-refractivity contribution in [2.24, 2.45) is 0 Å². The average molecular weight is 309 g/mol. The van der Waals surface area contributed by atoms with E-state index in [-0.39, 0.29) is 18.6 Å². The molecule has 0 amide bonds. The van der Waals surface area contributed by atoms with Crippen LogP contribution in [0.2, 0.25) is 0 Å². The normalized spacial score (nSPS) is 11.9. The topological polar surface area (TPSA) is 70.8 Å². The van der Waals surface area contributed by atoms with Crippen LogP contribution in [-0.2, 0) is 14.9 Å². The zero-order valence-corrected chi connectivity index (χ0v) is 14.4. The molecule has 0 spiro atoms. The van der Waals surface area contributed by atoms with Gasteiger partial charge in [-0.1, -0.05) is 26.8 Å². The second kappa shape index (κ2) is 6.90. The third-order valence-electron chi connectivity index (χ3n) is 2.83. The highest BCUT2D eigenvalue weighted by atomic mass is 16.7. The van der Waals surface area contributed by atoms with Crippen LogP contribution in [-0.4, -0.2) is 25.0 Å². The number of benzene rings is 1. The Morgan fingerprint density at radius 1 is 1.09 bits per heavy atom. The van der Waals surface area contributed by atoms with Gasteiger partial charge in [0, 0.05) is 0 Å². The van der Waals surface area contributed by atoms with Crippen LogP contribution in [0, 0.1) is 0 Å². The van der Waals surface area contributed by atoms with Gasteiger partial charge < -0.3 is 19.9 Å². The highest BCUT2D eigenvalue weighted by Crippen LogP contribution is 2.29. The van der Waals surface area contributed by atoms with Gasteiger partial charge in [-0.25, -0.2) is 4.79 Å². The van der Waals surface area contributed by atoms with Crippen molar-refractivity contribution in [2.75, 3.05) is 18.9 Å². The molecule has 0 aliphatic heterocycles. The van der Waals surface area contributed by atoms with Gasteiger partial charge in [-0.3, -0.25) is 0 Å². The van der Waals surface area contributed by atoms with E-state index in [9.17, 15) is 4.79 Å². The summed E-state index contributed by atoms with van der Waals surface area (Å²) in [6.07, 6.45) is -0.702. The molecule has 5 heteroatoms. The summed E-state index contributed by atoms with van der Waals surface area (Å²) in [6, 6.07) is 5.73. The minimum absolute atomic E-state index is 0.0342. The molecule has 0 aliphatic carbocycles. The Labute approximate surface area is 132 Å². The molecular weight excluding hydrogens is 282 g/mol. The van der Waals surface area contributed by atoms with E-state index in [1.165, 1.54) is 0 Å². The van der Waals surface area contributed by atoms with E-state index in [1.807, 2.05) is 18.2 Å². The van der Waals surface area contributed by atoms with Crippen LogP contribution in [0.4, 0.5) is 10.5 Å². The Kier molecular flexibility index (Phi) is 5.69. The summed E-state index contributed by atoms with van der Waals surface area (Å²) in [4.78, 5) is 11.4. The lowest BCUT2D eigenvalue weighted by atomic mass is 9.87. The molecule has 0 aliphatic rings. The van der Waals surface area contributed by atoms with E-state index < -0.39 is 11.8 Å². The number of hydrogen-bond acceptors (Lipinski definition) is 5. The number of carbonyl (C=O) groups excluding carboxylic acids is 1. The van der Waals surface area contributed by atoms with Gasteiger partial charge in [-0.15, -0.1) is 0 Å². The quantitative estimate of drug-likeness (QED) is 0.519. The van der Waals surface area contributed by atoms with Crippen LogP contribution in [0.5, 0.6) is 5.75 Å². The molecule has 1 rings (SSSR count). The monoisotopic (exact) mass is 309 g/mol. The van der Waals surface area contributed by atoms with Gasteiger partial charge in [0.05, 0.1) is 5.69 Å². The smallest absolute Gasteiger partial charge is 0.488 e. The number of hydrogen-bond donors (Lipinski definition) is 1. The van der Waals surface area contributed by atoms with Crippen LogP contribution in [0.15, 0.2) is 18.2 Å². The molecule has 0 radical (unpaired) electrons. The molecule has 0 bridgehead atoms. The molecule has 22 heavy (non-hydrogen) atoms. The highest BCUT2D eigenvalue weighted by molar-refractivity contribution is 5.60. The van der Waals surface area contributed by atoms with Crippen LogP contribution < -0.4 is 10.5 Å². The zero-order valence-electron chi connectivity index (χ0n) is 14.4. The Hall–Kier alpha value is -1.91.